The zero-order chi connectivity index (χ0) is 25.6. The van der Waals surface area contributed by atoms with Gasteiger partial charge in [-0.2, -0.15) is 0 Å². The van der Waals surface area contributed by atoms with E-state index in [2.05, 4.69) is 9.97 Å². The van der Waals surface area contributed by atoms with E-state index in [-0.39, 0.29) is 17.1 Å². The Morgan fingerprint density at radius 3 is 2.44 bits per heavy atom. The van der Waals surface area contributed by atoms with Crippen molar-refractivity contribution in [2.24, 2.45) is 0 Å². The minimum absolute atomic E-state index is 0.0985. The third-order valence-electron chi connectivity index (χ3n) is 5.88. The third-order valence-corrected chi connectivity index (χ3v) is 7.04. The zero-order valence-corrected chi connectivity index (χ0v) is 20.9. The molecule has 5 rings (SSSR count). The predicted molar refractivity (Wildman–Crippen MR) is 136 cm³/mol. The fourth-order valence-electron chi connectivity index (χ4n) is 4.21. The molecule has 1 atom stereocenters. The topological polar surface area (TPSA) is 114 Å². The number of H-pyrrole nitrogens is 1. The molecule has 3 heterocycles. The van der Waals surface area contributed by atoms with Gasteiger partial charge in [-0.05, 0) is 29.6 Å². The summed E-state index contributed by atoms with van der Waals surface area (Å²) in [5.41, 5.74) is 1.18. The number of aromatic nitrogens is 2. The van der Waals surface area contributed by atoms with Crippen LogP contribution in [0, 0.1) is 0 Å². The van der Waals surface area contributed by atoms with Crippen molar-refractivity contribution < 1.29 is 28.9 Å². The molecule has 0 aliphatic carbocycles. The normalized spacial score (nSPS) is 17.1. The van der Waals surface area contributed by atoms with Crippen LogP contribution < -0.4 is 19.1 Å². The fraction of sp³-hybridized carbons (Fsp3) is 0.160. The van der Waals surface area contributed by atoms with Crippen LogP contribution in [0.15, 0.2) is 53.4 Å². The van der Waals surface area contributed by atoms with E-state index in [1.807, 2.05) is 5.38 Å². The minimum Gasteiger partial charge on any atom is -0.507 e. The number of aliphatic hydroxyl groups excluding tert-OH is 1. The van der Waals surface area contributed by atoms with Gasteiger partial charge in [-0.3, -0.25) is 14.5 Å². The number of halogens is 1. The van der Waals surface area contributed by atoms with Gasteiger partial charge in [-0.1, -0.05) is 17.7 Å². The summed E-state index contributed by atoms with van der Waals surface area (Å²) in [6.07, 6.45) is 0. The number of amides is 1. The molecule has 2 aromatic carbocycles. The quantitative estimate of drug-likeness (QED) is 0.208. The van der Waals surface area contributed by atoms with Crippen LogP contribution in [-0.2, 0) is 9.59 Å². The summed E-state index contributed by atoms with van der Waals surface area (Å²) in [4.78, 5) is 36.3. The Morgan fingerprint density at radius 2 is 1.78 bits per heavy atom. The van der Waals surface area contributed by atoms with Crippen LogP contribution in [-0.4, -0.2) is 48.1 Å². The van der Waals surface area contributed by atoms with Crippen molar-refractivity contribution in [1.82, 2.24) is 9.97 Å². The highest BCUT2D eigenvalue weighted by atomic mass is 35.5. The van der Waals surface area contributed by atoms with Gasteiger partial charge in [0.15, 0.2) is 11.5 Å². The second-order valence-corrected chi connectivity index (χ2v) is 9.23. The van der Waals surface area contributed by atoms with E-state index >= 15 is 0 Å². The number of hydrogen-bond donors (Lipinski definition) is 2. The molecule has 1 aliphatic rings. The number of nitrogens with one attached hydrogen (secondary N) is 1. The van der Waals surface area contributed by atoms with E-state index < -0.39 is 23.5 Å². The maximum atomic E-state index is 13.4. The van der Waals surface area contributed by atoms with Crippen LogP contribution >= 0.6 is 22.9 Å². The van der Waals surface area contributed by atoms with Crippen molar-refractivity contribution in [3.8, 4) is 17.2 Å². The van der Waals surface area contributed by atoms with Gasteiger partial charge >= 0.3 is 5.91 Å². The molecule has 11 heteroatoms. The summed E-state index contributed by atoms with van der Waals surface area (Å²) in [7, 11) is 4.46. The summed E-state index contributed by atoms with van der Waals surface area (Å²) in [5, 5.41) is 13.5. The number of imidazole rings is 1. The second kappa shape index (κ2) is 9.21. The number of methoxy groups -OCH3 is 3. The highest BCUT2D eigenvalue weighted by Crippen LogP contribution is 2.45. The SMILES string of the molecule is COc1cc2nc(N3C(=O)C(=O)/C(=C(/O)c4cc(Cl)ccc4OC)C3c3cccs3)[nH]c2cc1OC. The molecule has 1 unspecified atom stereocenters. The number of anilines is 1. The lowest BCUT2D eigenvalue weighted by Gasteiger charge is -2.21. The van der Waals surface area contributed by atoms with E-state index in [0.29, 0.717) is 38.2 Å². The first-order valence-corrected chi connectivity index (χ1v) is 11.9. The molecule has 1 fully saturated rings. The second-order valence-electron chi connectivity index (χ2n) is 7.81. The number of Topliss-reactive ketones (excluding diaryl/α,β-unsaturated/α-hetero) is 1. The molecule has 4 aromatic rings. The maximum Gasteiger partial charge on any atom is 0.302 e. The Balaban J connectivity index is 1.72. The van der Waals surface area contributed by atoms with Gasteiger partial charge in [0.25, 0.3) is 5.78 Å². The largest absolute Gasteiger partial charge is 0.507 e. The van der Waals surface area contributed by atoms with Gasteiger partial charge in [-0.15, -0.1) is 11.3 Å². The molecular formula is C25H20ClN3O6S. The molecule has 0 saturated carbocycles. The first kappa shape index (κ1) is 23.7. The molecule has 2 N–H and O–H groups in total. The molecule has 0 radical (unpaired) electrons. The van der Waals surface area contributed by atoms with Gasteiger partial charge in [0, 0.05) is 22.0 Å². The summed E-state index contributed by atoms with van der Waals surface area (Å²) >= 11 is 7.50. The summed E-state index contributed by atoms with van der Waals surface area (Å²) in [5.74, 6) is -0.711. The molecule has 36 heavy (non-hydrogen) atoms. The summed E-state index contributed by atoms with van der Waals surface area (Å²) < 4.78 is 16.1. The Morgan fingerprint density at radius 1 is 1.06 bits per heavy atom. The Kier molecular flexibility index (Phi) is 6.07. The summed E-state index contributed by atoms with van der Waals surface area (Å²) in [6.45, 7) is 0. The molecule has 184 valence electrons. The Bertz CT molecular complexity index is 1490. The minimum atomic E-state index is -0.932. The third kappa shape index (κ3) is 3.75. The highest BCUT2D eigenvalue weighted by Gasteiger charge is 2.49. The van der Waals surface area contributed by atoms with E-state index in [1.165, 1.54) is 43.6 Å². The van der Waals surface area contributed by atoms with Gasteiger partial charge in [0.2, 0.25) is 5.95 Å². The number of rotatable bonds is 6. The summed E-state index contributed by atoms with van der Waals surface area (Å²) in [6, 6.07) is 10.7. The highest BCUT2D eigenvalue weighted by molar-refractivity contribution is 7.10. The van der Waals surface area contributed by atoms with Crippen molar-refractivity contribution >= 4 is 57.4 Å². The lowest BCUT2D eigenvalue weighted by atomic mass is 9.99. The van der Waals surface area contributed by atoms with Crippen LogP contribution in [0.25, 0.3) is 16.8 Å². The van der Waals surface area contributed by atoms with Gasteiger partial charge < -0.3 is 24.3 Å². The van der Waals surface area contributed by atoms with Crippen molar-refractivity contribution in [3.05, 3.63) is 68.9 Å². The fourth-order valence-corrected chi connectivity index (χ4v) is 5.21. The van der Waals surface area contributed by atoms with E-state index in [0.717, 1.165) is 0 Å². The van der Waals surface area contributed by atoms with E-state index in [4.69, 9.17) is 25.8 Å². The van der Waals surface area contributed by atoms with Crippen molar-refractivity contribution in [1.29, 1.82) is 0 Å². The van der Waals surface area contributed by atoms with E-state index in [1.54, 1.807) is 36.4 Å². The monoisotopic (exact) mass is 525 g/mol. The predicted octanol–water partition coefficient (Wildman–Crippen LogP) is 4.93. The van der Waals surface area contributed by atoms with Gasteiger partial charge in [0.1, 0.15) is 17.6 Å². The molecule has 1 aliphatic heterocycles. The number of ether oxygens (including phenoxy) is 3. The number of carbonyl (C=O) groups excluding carboxylic acids is 2. The molecule has 0 spiro atoms. The lowest BCUT2D eigenvalue weighted by Crippen LogP contribution is -2.30. The molecule has 1 saturated heterocycles. The van der Waals surface area contributed by atoms with Crippen LogP contribution in [0.4, 0.5) is 5.95 Å². The number of ketones is 1. The maximum absolute atomic E-state index is 13.4. The van der Waals surface area contributed by atoms with E-state index in [9.17, 15) is 14.7 Å². The van der Waals surface area contributed by atoms with Crippen LogP contribution in [0.5, 0.6) is 17.2 Å². The standard InChI is InChI=1S/C25H20ClN3O6S/c1-33-16-7-6-12(26)9-13(16)22(30)20-21(19-5-4-8-36-19)29(24(32)23(20)31)25-27-14-10-17(34-2)18(35-3)11-15(14)28-25/h4-11,21,30H,1-3H3,(H,27,28)/b22-20+. The molecule has 2 aromatic heterocycles. The van der Waals surface area contributed by atoms with Crippen molar-refractivity contribution in [2.45, 2.75) is 6.04 Å². The first-order chi connectivity index (χ1) is 17.4. The lowest BCUT2D eigenvalue weighted by molar-refractivity contribution is -0.132. The smallest absolute Gasteiger partial charge is 0.302 e. The van der Waals surface area contributed by atoms with Crippen molar-refractivity contribution in [2.75, 3.05) is 26.2 Å². The number of benzene rings is 2. The Hall–Kier alpha value is -4.02. The first-order valence-electron chi connectivity index (χ1n) is 10.7. The zero-order valence-electron chi connectivity index (χ0n) is 19.4. The number of hydrogen-bond acceptors (Lipinski definition) is 8. The van der Waals surface area contributed by atoms with Crippen molar-refractivity contribution in [3.63, 3.8) is 0 Å². The Labute approximate surface area is 214 Å². The molecule has 0 bridgehead atoms. The van der Waals surface area contributed by atoms with Crippen LogP contribution in [0.3, 0.4) is 0 Å². The number of nitrogens with zero attached hydrogens (tertiary/aromatic N) is 2. The number of fused-ring (bicyclic) bond motifs is 1. The average Bonchev–Trinajstić information content (AvgIpc) is 3.61. The van der Waals surface area contributed by atoms with Gasteiger partial charge in [-0.25, -0.2) is 4.98 Å². The van der Waals surface area contributed by atoms with Crippen LogP contribution in [0.1, 0.15) is 16.5 Å². The van der Waals surface area contributed by atoms with Gasteiger partial charge in [0.05, 0.1) is 43.5 Å². The number of aliphatic hydroxyl groups is 1. The molecule has 1 amide bonds. The number of carbonyl (C=O) groups is 2. The number of aromatic amines is 1. The molecular weight excluding hydrogens is 506 g/mol. The van der Waals surface area contributed by atoms with Crippen LogP contribution in [0.2, 0.25) is 5.02 Å². The average molecular weight is 526 g/mol. The molecule has 9 nitrogen and oxygen atoms in total. The number of thiophene rings is 1.